The minimum atomic E-state index is -0.0745. The fourth-order valence-electron chi connectivity index (χ4n) is 2.85. The summed E-state index contributed by atoms with van der Waals surface area (Å²) < 4.78 is 7.20. The van der Waals surface area contributed by atoms with E-state index in [1.54, 1.807) is 25.4 Å². The van der Waals surface area contributed by atoms with Crippen LogP contribution in [-0.2, 0) is 13.1 Å². The van der Waals surface area contributed by atoms with Crippen molar-refractivity contribution in [1.29, 1.82) is 0 Å². The lowest BCUT2D eigenvalue weighted by molar-refractivity contribution is 0.0784. The summed E-state index contributed by atoms with van der Waals surface area (Å²) >= 11 is 0. The highest BCUT2D eigenvalue weighted by Crippen LogP contribution is 2.21. The average molecular weight is 350 g/mol. The minimum absolute atomic E-state index is 0.0745. The Morgan fingerprint density at radius 3 is 2.65 bits per heavy atom. The Hall–Kier alpha value is -3.12. The molecule has 0 radical (unpaired) electrons. The standard InChI is InChI=1S/C20H22N4O2/c1-23(12-15-7-3-6-10-19(15)26-2)20(25)17-8-4-5-9-18(17)24-13-16(11-21)22-14-24/h3-10,13-14H,11-12,21H2,1-2H3. The van der Waals surface area contributed by atoms with E-state index in [0.717, 1.165) is 22.7 Å². The minimum Gasteiger partial charge on any atom is -0.496 e. The molecule has 0 aliphatic heterocycles. The first-order chi connectivity index (χ1) is 12.6. The Kier molecular flexibility index (Phi) is 5.34. The van der Waals surface area contributed by atoms with Crippen molar-refractivity contribution in [1.82, 2.24) is 14.5 Å². The average Bonchev–Trinajstić information content (AvgIpc) is 3.17. The number of amides is 1. The normalized spacial score (nSPS) is 10.6. The molecule has 1 aromatic heterocycles. The van der Waals surface area contributed by atoms with E-state index < -0.39 is 0 Å². The quantitative estimate of drug-likeness (QED) is 0.742. The van der Waals surface area contributed by atoms with Crippen LogP contribution in [-0.4, -0.2) is 34.5 Å². The molecule has 0 fully saturated rings. The lowest BCUT2D eigenvalue weighted by Gasteiger charge is -2.20. The van der Waals surface area contributed by atoms with Gasteiger partial charge in [-0.2, -0.15) is 0 Å². The van der Waals surface area contributed by atoms with Crippen LogP contribution in [0.25, 0.3) is 5.69 Å². The van der Waals surface area contributed by atoms with Crippen molar-refractivity contribution in [3.63, 3.8) is 0 Å². The Bertz CT molecular complexity index is 904. The van der Waals surface area contributed by atoms with Crippen LogP contribution in [0.2, 0.25) is 0 Å². The zero-order chi connectivity index (χ0) is 18.5. The van der Waals surface area contributed by atoms with Gasteiger partial charge in [-0.05, 0) is 18.2 Å². The SMILES string of the molecule is COc1ccccc1CN(C)C(=O)c1ccccc1-n1cnc(CN)c1. The number of carbonyl (C=O) groups is 1. The van der Waals surface area contributed by atoms with E-state index in [2.05, 4.69) is 4.98 Å². The molecule has 1 heterocycles. The van der Waals surface area contributed by atoms with Gasteiger partial charge in [0.1, 0.15) is 5.75 Å². The Labute approximate surface area is 152 Å². The smallest absolute Gasteiger partial charge is 0.256 e. The molecule has 2 aromatic carbocycles. The summed E-state index contributed by atoms with van der Waals surface area (Å²) in [6, 6.07) is 15.2. The third kappa shape index (κ3) is 3.60. The van der Waals surface area contributed by atoms with Crippen LogP contribution in [0, 0.1) is 0 Å². The topological polar surface area (TPSA) is 73.4 Å². The number of hydrogen-bond acceptors (Lipinski definition) is 4. The maximum atomic E-state index is 13.0. The van der Waals surface area contributed by atoms with Crippen LogP contribution in [0.5, 0.6) is 5.75 Å². The third-order valence-electron chi connectivity index (χ3n) is 4.20. The number of carbonyl (C=O) groups excluding carboxylic acids is 1. The second kappa shape index (κ2) is 7.84. The number of methoxy groups -OCH3 is 1. The molecule has 2 N–H and O–H groups in total. The number of nitrogens with two attached hydrogens (primary N) is 1. The van der Waals surface area contributed by atoms with E-state index in [-0.39, 0.29) is 5.91 Å². The Morgan fingerprint density at radius 2 is 1.92 bits per heavy atom. The summed E-state index contributed by atoms with van der Waals surface area (Å²) in [5.74, 6) is 0.692. The maximum absolute atomic E-state index is 13.0. The van der Waals surface area contributed by atoms with Crippen molar-refractivity contribution in [3.8, 4) is 11.4 Å². The van der Waals surface area contributed by atoms with Crippen LogP contribution in [0.3, 0.4) is 0 Å². The Morgan fingerprint density at radius 1 is 1.19 bits per heavy atom. The molecule has 0 saturated heterocycles. The number of imidazole rings is 1. The van der Waals surface area contributed by atoms with E-state index in [4.69, 9.17) is 10.5 Å². The molecular formula is C20H22N4O2. The summed E-state index contributed by atoms with van der Waals surface area (Å²) in [7, 11) is 3.41. The highest BCUT2D eigenvalue weighted by molar-refractivity contribution is 5.97. The largest absolute Gasteiger partial charge is 0.496 e. The maximum Gasteiger partial charge on any atom is 0.256 e. The molecule has 0 spiro atoms. The molecule has 26 heavy (non-hydrogen) atoms. The highest BCUT2D eigenvalue weighted by Gasteiger charge is 2.18. The summed E-state index contributed by atoms with van der Waals surface area (Å²) in [4.78, 5) is 19.0. The predicted octanol–water partition coefficient (Wildman–Crippen LogP) is 2.61. The number of para-hydroxylation sites is 2. The van der Waals surface area contributed by atoms with Gasteiger partial charge in [0, 0.05) is 31.9 Å². The van der Waals surface area contributed by atoms with E-state index in [0.29, 0.717) is 18.7 Å². The van der Waals surface area contributed by atoms with Gasteiger partial charge in [0.15, 0.2) is 0 Å². The number of benzene rings is 2. The van der Waals surface area contributed by atoms with Crippen LogP contribution in [0.15, 0.2) is 61.1 Å². The Balaban J connectivity index is 1.88. The fourth-order valence-corrected chi connectivity index (χ4v) is 2.85. The molecule has 0 bridgehead atoms. The molecule has 0 unspecified atom stereocenters. The van der Waals surface area contributed by atoms with Crippen molar-refractivity contribution >= 4 is 5.91 Å². The fraction of sp³-hybridized carbons (Fsp3) is 0.200. The lowest BCUT2D eigenvalue weighted by Crippen LogP contribution is -2.27. The molecule has 134 valence electrons. The third-order valence-corrected chi connectivity index (χ3v) is 4.20. The van der Waals surface area contributed by atoms with Crippen molar-refractivity contribution < 1.29 is 9.53 Å². The first kappa shape index (κ1) is 17.7. The lowest BCUT2D eigenvalue weighted by atomic mass is 10.1. The second-order valence-electron chi connectivity index (χ2n) is 5.97. The summed E-state index contributed by atoms with van der Waals surface area (Å²) in [6.45, 7) is 0.811. The summed E-state index contributed by atoms with van der Waals surface area (Å²) in [5.41, 5.74) is 8.74. The van der Waals surface area contributed by atoms with E-state index in [1.807, 2.05) is 59.3 Å². The molecule has 6 heteroatoms. The van der Waals surface area contributed by atoms with Gasteiger partial charge in [0.05, 0.1) is 30.4 Å². The first-order valence-corrected chi connectivity index (χ1v) is 8.33. The number of nitrogens with zero attached hydrogens (tertiary/aromatic N) is 3. The second-order valence-corrected chi connectivity index (χ2v) is 5.97. The van der Waals surface area contributed by atoms with Crippen molar-refractivity contribution in [2.75, 3.05) is 14.2 Å². The molecule has 1 amide bonds. The van der Waals surface area contributed by atoms with Crippen molar-refractivity contribution in [2.45, 2.75) is 13.1 Å². The van der Waals surface area contributed by atoms with E-state index in [9.17, 15) is 4.79 Å². The van der Waals surface area contributed by atoms with Crippen LogP contribution >= 0.6 is 0 Å². The molecule has 3 rings (SSSR count). The zero-order valence-corrected chi connectivity index (χ0v) is 14.9. The van der Waals surface area contributed by atoms with E-state index >= 15 is 0 Å². The van der Waals surface area contributed by atoms with Gasteiger partial charge in [0.2, 0.25) is 0 Å². The van der Waals surface area contributed by atoms with Gasteiger partial charge >= 0.3 is 0 Å². The van der Waals surface area contributed by atoms with Gasteiger partial charge in [-0.25, -0.2) is 4.98 Å². The van der Waals surface area contributed by atoms with Gasteiger partial charge < -0.3 is 19.9 Å². The van der Waals surface area contributed by atoms with Crippen molar-refractivity contribution in [3.05, 3.63) is 77.9 Å². The van der Waals surface area contributed by atoms with Crippen LogP contribution in [0.4, 0.5) is 0 Å². The highest BCUT2D eigenvalue weighted by atomic mass is 16.5. The molecule has 0 aliphatic rings. The van der Waals surface area contributed by atoms with Gasteiger partial charge in [-0.3, -0.25) is 4.79 Å². The predicted molar refractivity (Wildman–Crippen MR) is 100 cm³/mol. The number of aromatic nitrogens is 2. The molecule has 0 saturated carbocycles. The van der Waals surface area contributed by atoms with Gasteiger partial charge in [-0.15, -0.1) is 0 Å². The number of hydrogen-bond donors (Lipinski definition) is 1. The summed E-state index contributed by atoms with van der Waals surface area (Å²) in [5, 5.41) is 0. The van der Waals surface area contributed by atoms with Crippen LogP contribution in [0.1, 0.15) is 21.6 Å². The molecule has 0 atom stereocenters. The monoisotopic (exact) mass is 350 g/mol. The van der Waals surface area contributed by atoms with Gasteiger partial charge in [-0.1, -0.05) is 30.3 Å². The van der Waals surface area contributed by atoms with Gasteiger partial charge in [0.25, 0.3) is 5.91 Å². The summed E-state index contributed by atoms with van der Waals surface area (Å²) in [6.07, 6.45) is 3.51. The number of ether oxygens (including phenoxy) is 1. The molecule has 0 aliphatic carbocycles. The van der Waals surface area contributed by atoms with Crippen LogP contribution < -0.4 is 10.5 Å². The van der Waals surface area contributed by atoms with Crippen molar-refractivity contribution in [2.24, 2.45) is 5.73 Å². The number of rotatable bonds is 6. The molecular weight excluding hydrogens is 328 g/mol. The first-order valence-electron chi connectivity index (χ1n) is 8.33. The molecule has 6 nitrogen and oxygen atoms in total. The van der Waals surface area contributed by atoms with E-state index in [1.165, 1.54) is 0 Å². The molecule has 3 aromatic rings. The zero-order valence-electron chi connectivity index (χ0n) is 14.9.